The zero-order chi connectivity index (χ0) is 14.7. The molecule has 0 unspecified atom stereocenters. The van der Waals surface area contributed by atoms with Gasteiger partial charge in [0.05, 0.1) is 12.2 Å². The Morgan fingerprint density at radius 3 is 2.75 bits per heavy atom. The molecule has 7 heteroatoms. The third-order valence-electron chi connectivity index (χ3n) is 2.96. The largest absolute Gasteiger partial charge is 0.375 e. The van der Waals surface area contributed by atoms with Crippen LogP contribution in [-0.2, 0) is 11.3 Å². The summed E-state index contributed by atoms with van der Waals surface area (Å²) in [5.41, 5.74) is 1.26. The predicted molar refractivity (Wildman–Crippen MR) is 73.0 cm³/mol. The van der Waals surface area contributed by atoms with Gasteiger partial charge in [-0.3, -0.25) is 0 Å². The highest BCUT2D eigenvalue weighted by Gasteiger charge is 2.16. The number of imidazole rings is 1. The summed E-state index contributed by atoms with van der Waals surface area (Å²) >= 11 is 1.52. The SMILES string of the molecule is CO[C@@H](C)c1nc(Cn2c(C)nc(C#N)c2C#N)cs1. The highest BCUT2D eigenvalue weighted by Crippen LogP contribution is 2.21. The molecule has 2 rings (SSSR count). The van der Waals surface area contributed by atoms with Gasteiger partial charge >= 0.3 is 0 Å². The summed E-state index contributed by atoms with van der Waals surface area (Å²) in [5, 5.41) is 20.9. The average Bonchev–Trinajstić information content (AvgIpc) is 3.04. The molecule has 20 heavy (non-hydrogen) atoms. The van der Waals surface area contributed by atoms with Crippen molar-refractivity contribution in [3.63, 3.8) is 0 Å². The van der Waals surface area contributed by atoms with Crippen LogP contribution >= 0.6 is 11.3 Å². The molecule has 0 spiro atoms. The van der Waals surface area contributed by atoms with E-state index in [0.29, 0.717) is 12.4 Å². The summed E-state index contributed by atoms with van der Waals surface area (Å²) < 4.78 is 6.93. The standard InChI is InChI=1S/C13H13N5OS/c1-8(19-3)13-17-10(7-20-13)6-18-9(2)16-11(4-14)12(18)5-15/h7-8H,6H2,1-3H3/t8-/m0/s1. The highest BCUT2D eigenvalue weighted by molar-refractivity contribution is 7.09. The number of methoxy groups -OCH3 is 1. The van der Waals surface area contributed by atoms with E-state index in [9.17, 15) is 0 Å². The zero-order valence-corrected chi connectivity index (χ0v) is 12.2. The minimum Gasteiger partial charge on any atom is -0.375 e. The number of aryl methyl sites for hydroxylation is 1. The van der Waals surface area contributed by atoms with Crippen molar-refractivity contribution in [3.05, 3.63) is 33.3 Å². The van der Waals surface area contributed by atoms with E-state index in [2.05, 4.69) is 9.97 Å². The van der Waals surface area contributed by atoms with Gasteiger partial charge in [-0.1, -0.05) is 0 Å². The molecule has 102 valence electrons. The van der Waals surface area contributed by atoms with Crippen LogP contribution < -0.4 is 0 Å². The van der Waals surface area contributed by atoms with Crippen molar-refractivity contribution in [3.8, 4) is 12.1 Å². The van der Waals surface area contributed by atoms with E-state index < -0.39 is 0 Å². The van der Waals surface area contributed by atoms with Crippen LogP contribution in [0, 0.1) is 29.6 Å². The Morgan fingerprint density at radius 1 is 1.40 bits per heavy atom. The first-order chi connectivity index (χ1) is 9.60. The molecule has 0 fully saturated rings. The molecule has 0 saturated carbocycles. The minimum absolute atomic E-state index is 0.0530. The molecule has 0 N–H and O–H groups in total. The number of hydrogen-bond donors (Lipinski definition) is 0. The maximum absolute atomic E-state index is 9.15. The molecule has 0 aromatic carbocycles. The number of aromatic nitrogens is 3. The Balaban J connectivity index is 2.32. The van der Waals surface area contributed by atoms with Crippen molar-refractivity contribution in [2.75, 3.05) is 7.11 Å². The van der Waals surface area contributed by atoms with E-state index in [1.807, 2.05) is 24.4 Å². The third-order valence-corrected chi connectivity index (χ3v) is 4.02. The van der Waals surface area contributed by atoms with Crippen molar-refractivity contribution in [1.82, 2.24) is 14.5 Å². The Bertz CT molecular complexity index is 703. The third kappa shape index (κ3) is 2.55. The molecule has 0 saturated heterocycles. The fourth-order valence-electron chi connectivity index (χ4n) is 1.79. The van der Waals surface area contributed by atoms with Crippen LogP contribution in [0.1, 0.15) is 40.9 Å². The number of thiazole rings is 1. The monoisotopic (exact) mass is 287 g/mol. The number of nitrogens with zero attached hydrogens (tertiary/aromatic N) is 5. The van der Waals surface area contributed by atoms with Crippen molar-refractivity contribution in [2.45, 2.75) is 26.5 Å². The van der Waals surface area contributed by atoms with Crippen LogP contribution in [0.25, 0.3) is 0 Å². The van der Waals surface area contributed by atoms with Crippen molar-refractivity contribution >= 4 is 11.3 Å². The summed E-state index contributed by atoms with van der Waals surface area (Å²) in [4.78, 5) is 8.56. The number of hydrogen-bond acceptors (Lipinski definition) is 6. The van der Waals surface area contributed by atoms with E-state index in [1.165, 1.54) is 11.3 Å². The lowest BCUT2D eigenvalue weighted by molar-refractivity contribution is 0.119. The minimum atomic E-state index is -0.0530. The van der Waals surface area contributed by atoms with Crippen LogP contribution in [0.15, 0.2) is 5.38 Å². The van der Waals surface area contributed by atoms with Gasteiger partial charge in [0.1, 0.15) is 29.1 Å². The molecule has 0 radical (unpaired) electrons. The second-order valence-corrected chi connectivity index (χ2v) is 5.11. The number of nitriles is 2. The van der Waals surface area contributed by atoms with Crippen LogP contribution in [0.5, 0.6) is 0 Å². The summed E-state index contributed by atoms with van der Waals surface area (Å²) in [6, 6.07) is 3.96. The maximum Gasteiger partial charge on any atom is 0.177 e. The molecular formula is C13H13N5OS. The molecule has 0 aliphatic rings. The summed E-state index contributed by atoms with van der Waals surface area (Å²) in [5.74, 6) is 0.632. The molecular weight excluding hydrogens is 274 g/mol. The number of rotatable bonds is 4. The zero-order valence-electron chi connectivity index (χ0n) is 11.4. The predicted octanol–water partition coefficient (Wildman–Crippen LogP) is 2.15. The van der Waals surface area contributed by atoms with Crippen LogP contribution in [0.4, 0.5) is 0 Å². The Labute approximate surface area is 120 Å². The first-order valence-electron chi connectivity index (χ1n) is 5.95. The summed E-state index contributed by atoms with van der Waals surface area (Å²) in [6.45, 7) is 4.13. The maximum atomic E-state index is 9.15. The lowest BCUT2D eigenvalue weighted by Gasteiger charge is -2.05. The normalized spacial score (nSPS) is 11.8. The molecule has 2 aromatic heterocycles. The van der Waals surface area contributed by atoms with Crippen molar-refractivity contribution < 1.29 is 4.74 Å². The Kier molecular flexibility index (Phi) is 4.14. The van der Waals surface area contributed by atoms with E-state index in [-0.39, 0.29) is 17.5 Å². The van der Waals surface area contributed by atoms with Gasteiger partial charge in [0.25, 0.3) is 0 Å². The Hall–Kier alpha value is -2.22. The average molecular weight is 287 g/mol. The Morgan fingerprint density at radius 2 is 2.15 bits per heavy atom. The molecule has 0 aliphatic carbocycles. The second kappa shape index (κ2) is 5.83. The van der Waals surface area contributed by atoms with Gasteiger partial charge < -0.3 is 9.30 Å². The molecule has 0 aliphatic heterocycles. The summed E-state index contributed by atoms with van der Waals surface area (Å²) in [6.07, 6.45) is -0.0530. The first kappa shape index (κ1) is 14.2. The smallest absolute Gasteiger partial charge is 0.177 e. The molecule has 6 nitrogen and oxygen atoms in total. The fourth-order valence-corrected chi connectivity index (χ4v) is 2.64. The highest BCUT2D eigenvalue weighted by atomic mass is 32.1. The van der Waals surface area contributed by atoms with Gasteiger partial charge in [0, 0.05) is 12.5 Å². The lowest BCUT2D eigenvalue weighted by Crippen LogP contribution is -2.06. The van der Waals surface area contributed by atoms with Crippen LogP contribution in [0.2, 0.25) is 0 Å². The lowest BCUT2D eigenvalue weighted by atomic mass is 10.3. The van der Waals surface area contributed by atoms with Gasteiger partial charge in [0.15, 0.2) is 11.4 Å². The van der Waals surface area contributed by atoms with E-state index in [0.717, 1.165) is 10.7 Å². The molecule has 2 heterocycles. The van der Waals surface area contributed by atoms with Gasteiger partial charge in [0.2, 0.25) is 0 Å². The van der Waals surface area contributed by atoms with Crippen LogP contribution in [0.3, 0.4) is 0 Å². The van der Waals surface area contributed by atoms with Crippen LogP contribution in [-0.4, -0.2) is 21.6 Å². The molecule has 1 atom stereocenters. The quantitative estimate of drug-likeness (QED) is 0.859. The van der Waals surface area contributed by atoms with Gasteiger partial charge in [-0.25, -0.2) is 9.97 Å². The van der Waals surface area contributed by atoms with Gasteiger partial charge in [-0.15, -0.1) is 11.3 Å². The molecule has 0 amide bonds. The first-order valence-corrected chi connectivity index (χ1v) is 6.83. The van der Waals surface area contributed by atoms with E-state index in [1.54, 1.807) is 18.6 Å². The fraction of sp³-hybridized carbons (Fsp3) is 0.385. The second-order valence-electron chi connectivity index (χ2n) is 4.22. The van der Waals surface area contributed by atoms with Gasteiger partial charge in [-0.05, 0) is 13.8 Å². The van der Waals surface area contributed by atoms with Crippen molar-refractivity contribution in [2.24, 2.45) is 0 Å². The van der Waals surface area contributed by atoms with E-state index in [4.69, 9.17) is 15.3 Å². The van der Waals surface area contributed by atoms with Crippen molar-refractivity contribution in [1.29, 1.82) is 10.5 Å². The molecule has 0 bridgehead atoms. The topological polar surface area (TPSA) is 87.5 Å². The molecule has 2 aromatic rings. The summed E-state index contributed by atoms with van der Waals surface area (Å²) in [7, 11) is 1.64. The number of ether oxygens (including phenoxy) is 1. The van der Waals surface area contributed by atoms with Gasteiger partial charge in [-0.2, -0.15) is 10.5 Å². The van der Waals surface area contributed by atoms with E-state index >= 15 is 0 Å².